The van der Waals surface area contributed by atoms with Crippen LogP contribution in [0.2, 0.25) is 0 Å². The predicted molar refractivity (Wildman–Crippen MR) is 52.3 cm³/mol. The third-order valence-corrected chi connectivity index (χ3v) is 2.51. The first-order valence-corrected chi connectivity index (χ1v) is 4.54. The summed E-state index contributed by atoms with van der Waals surface area (Å²) in [4.78, 5) is 11.5. The lowest BCUT2D eigenvalue weighted by Crippen LogP contribution is -2.37. The normalized spacial score (nSPS) is 24.1. The van der Waals surface area contributed by atoms with Crippen LogP contribution in [0.25, 0.3) is 0 Å². The van der Waals surface area contributed by atoms with Crippen LogP contribution in [0.15, 0.2) is 24.3 Å². The van der Waals surface area contributed by atoms with Crippen molar-refractivity contribution in [2.45, 2.75) is 32.3 Å². The zero-order valence-electron chi connectivity index (χ0n) is 8.21. The van der Waals surface area contributed by atoms with Crippen molar-refractivity contribution in [3.63, 3.8) is 0 Å². The van der Waals surface area contributed by atoms with E-state index in [0.717, 1.165) is 18.4 Å². The van der Waals surface area contributed by atoms with Crippen LogP contribution in [0.3, 0.4) is 0 Å². The maximum atomic E-state index is 11.5. The maximum absolute atomic E-state index is 11.5. The van der Waals surface area contributed by atoms with Crippen molar-refractivity contribution in [2.75, 3.05) is 0 Å². The van der Waals surface area contributed by atoms with Crippen LogP contribution in [-0.2, 0) is 4.79 Å². The summed E-state index contributed by atoms with van der Waals surface area (Å²) >= 11 is 0. The van der Waals surface area contributed by atoms with Crippen molar-refractivity contribution in [3.8, 4) is 0 Å². The van der Waals surface area contributed by atoms with Gasteiger partial charge in [0.1, 0.15) is 0 Å². The Morgan fingerprint density at radius 3 is 2.69 bits per heavy atom. The largest absolute Gasteiger partial charge is 0.390 e. The summed E-state index contributed by atoms with van der Waals surface area (Å²) in [6.45, 7) is 6.99. The lowest BCUT2D eigenvalue weighted by Gasteiger charge is -2.29. The molecular weight excluding hydrogens is 164 g/mol. The number of aliphatic hydroxyl groups is 1. The highest BCUT2D eigenvalue weighted by atomic mass is 16.3. The summed E-state index contributed by atoms with van der Waals surface area (Å²) in [7, 11) is 0. The second-order valence-corrected chi connectivity index (χ2v) is 4.07. The van der Waals surface area contributed by atoms with Gasteiger partial charge in [0.05, 0.1) is 11.5 Å². The average Bonchev–Trinajstić information content (AvgIpc) is 2.01. The molecule has 0 saturated heterocycles. The molecule has 0 heterocycles. The molecule has 0 bridgehead atoms. The van der Waals surface area contributed by atoms with Crippen molar-refractivity contribution in [3.05, 3.63) is 24.3 Å². The molecule has 1 rings (SSSR count). The number of ketones is 1. The Labute approximate surface area is 79.0 Å². The van der Waals surface area contributed by atoms with Crippen LogP contribution in [0, 0.1) is 5.92 Å². The molecule has 0 radical (unpaired) electrons. The fourth-order valence-corrected chi connectivity index (χ4v) is 1.67. The standard InChI is InChI=1S/C11H16O2/c1-4-8-5-6-9(10(12)7-8)11(2,3)13/h4,7,9,13H,1,5-6H2,2-3H3. The van der Waals surface area contributed by atoms with Gasteiger partial charge in [-0.25, -0.2) is 0 Å². The fraction of sp³-hybridized carbons (Fsp3) is 0.545. The lowest BCUT2D eigenvalue weighted by molar-refractivity contribution is -0.126. The molecule has 1 aliphatic carbocycles. The molecule has 0 aliphatic heterocycles. The van der Waals surface area contributed by atoms with Crippen LogP contribution in [0.4, 0.5) is 0 Å². The van der Waals surface area contributed by atoms with Crippen LogP contribution >= 0.6 is 0 Å². The van der Waals surface area contributed by atoms with Gasteiger partial charge >= 0.3 is 0 Å². The van der Waals surface area contributed by atoms with Crippen molar-refractivity contribution in [1.29, 1.82) is 0 Å². The first kappa shape index (κ1) is 10.2. The zero-order chi connectivity index (χ0) is 10.1. The minimum atomic E-state index is -0.902. The second-order valence-electron chi connectivity index (χ2n) is 4.07. The molecule has 2 nitrogen and oxygen atoms in total. The van der Waals surface area contributed by atoms with E-state index in [1.165, 1.54) is 0 Å². The molecule has 2 heteroatoms. The molecule has 1 unspecified atom stereocenters. The van der Waals surface area contributed by atoms with E-state index < -0.39 is 5.60 Å². The van der Waals surface area contributed by atoms with Crippen molar-refractivity contribution in [1.82, 2.24) is 0 Å². The minimum absolute atomic E-state index is 0.0219. The summed E-state index contributed by atoms with van der Waals surface area (Å²) in [5.41, 5.74) is 0.0748. The van der Waals surface area contributed by atoms with E-state index in [1.54, 1.807) is 26.0 Å². The van der Waals surface area contributed by atoms with Crippen LogP contribution in [0.1, 0.15) is 26.7 Å². The number of hydrogen-bond donors (Lipinski definition) is 1. The van der Waals surface area contributed by atoms with Crippen LogP contribution < -0.4 is 0 Å². The first-order valence-electron chi connectivity index (χ1n) is 4.54. The number of carbonyl (C=O) groups excluding carboxylic acids is 1. The lowest BCUT2D eigenvalue weighted by atomic mass is 9.79. The summed E-state index contributed by atoms with van der Waals surface area (Å²) in [5, 5.41) is 9.70. The van der Waals surface area contributed by atoms with E-state index in [1.807, 2.05) is 0 Å². The molecule has 1 aliphatic rings. The minimum Gasteiger partial charge on any atom is -0.390 e. The molecule has 13 heavy (non-hydrogen) atoms. The molecule has 72 valence electrons. The average molecular weight is 180 g/mol. The monoisotopic (exact) mass is 180 g/mol. The second kappa shape index (κ2) is 3.46. The van der Waals surface area contributed by atoms with Gasteiger partial charge in [-0.15, -0.1) is 0 Å². The number of rotatable bonds is 2. The molecule has 1 atom stereocenters. The summed E-state index contributed by atoms with van der Waals surface area (Å²) in [6, 6.07) is 0. The molecule has 0 aromatic carbocycles. The van der Waals surface area contributed by atoms with Gasteiger partial charge in [-0.05, 0) is 38.3 Å². The van der Waals surface area contributed by atoms with Gasteiger partial charge in [-0.2, -0.15) is 0 Å². The van der Waals surface area contributed by atoms with Crippen molar-refractivity contribution in [2.24, 2.45) is 5.92 Å². The van der Waals surface area contributed by atoms with Crippen molar-refractivity contribution >= 4 is 5.78 Å². The SMILES string of the molecule is C=CC1=CC(=O)C(C(C)(C)O)CC1. The van der Waals surface area contributed by atoms with E-state index >= 15 is 0 Å². The topological polar surface area (TPSA) is 37.3 Å². The Hall–Kier alpha value is -0.890. The van der Waals surface area contributed by atoms with E-state index in [9.17, 15) is 9.90 Å². The number of allylic oxidation sites excluding steroid dienone is 3. The predicted octanol–water partition coefficient (Wildman–Crippen LogP) is 1.85. The Kier molecular flexibility index (Phi) is 2.71. The van der Waals surface area contributed by atoms with E-state index in [4.69, 9.17) is 0 Å². The van der Waals surface area contributed by atoms with Gasteiger partial charge in [0.25, 0.3) is 0 Å². The molecular formula is C11H16O2. The highest BCUT2D eigenvalue weighted by molar-refractivity contribution is 5.94. The summed E-state index contributed by atoms with van der Waals surface area (Å²) < 4.78 is 0. The van der Waals surface area contributed by atoms with Gasteiger partial charge in [-0.1, -0.05) is 12.7 Å². The first-order chi connectivity index (χ1) is 5.95. The number of hydrogen-bond acceptors (Lipinski definition) is 2. The molecule has 0 fully saturated rings. The van der Waals surface area contributed by atoms with Gasteiger partial charge in [0.2, 0.25) is 0 Å². The van der Waals surface area contributed by atoms with E-state index in [2.05, 4.69) is 6.58 Å². The third kappa shape index (κ3) is 2.28. The summed E-state index contributed by atoms with van der Waals surface area (Å²) in [5.74, 6) is -0.232. The maximum Gasteiger partial charge on any atom is 0.161 e. The highest BCUT2D eigenvalue weighted by Crippen LogP contribution is 2.29. The summed E-state index contributed by atoms with van der Waals surface area (Å²) in [6.07, 6.45) is 4.86. The van der Waals surface area contributed by atoms with E-state index in [0.29, 0.717) is 0 Å². The quantitative estimate of drug-likeness (QED) is 0.704. The molecule has 0 saturated carbocycles. The van der Waals surface area contributed by atoms with Gasteiger partial charge < -0.3 is 5.11 Å². The smallest absolute Gasteiger partial charge is 0.161 e. The Balaban J connectivity index is 2.82. The number of carbonyl (C=O) groups is 1. The van der Waals surface area contributed by atoms with Gasteiger partial charge in [0.15, 0.2) is 5.78 Å². The molecule has 1 N–H and O–H groups in total. The molecule has 0 amide bonds. The van der Waals surface area contributed by atoms with Crippen molar-refractivity contribution < 1.29 is 9.90 Å². The fourth-order valence-electron chi connectivity index (χ4n) is 1.67. The van der Waals surface area contributed by atoms with Crippen LogP contribution in [-0.4, -0.2) is 16.5 Å². The van der Waals surface area contributed by atoms with Crippen LogP contribution in [0.5, 0.6) is 0 Å². The Morgan fingerprint density at radius 2 is 2.31 bits per heavy atom. The Bertz CT molecular complexity index is 256. The zero-order valence-corrected chi connectivity index (χ0v) is 8.21. The van der Waals surface area contributed by atoms with Gasteiger partial charge in [0, 0.05) is 0 Å². The molecule has 0 spiro atoms. The Morgan fingerprint density at radius 1 is 1.69 bits per heavy atom. The molecule has 0 aromatic heterocycles. The van der Waals surface area contributed by atoms with E-state index in [-0.39, 0.29) is 11.7 Å². The van der Waals surface area contributed by atoms with Gasteiger partial charge in [-0.3, -0.25) is 4.79 Å². The highest BCUT2D eigenvalue weighted by Gasteiger charge is 2.33. The third-order valence-electron chi connectivity index (χ3n) is 2.51. The molecule has 0 aromatic rings.